The molecular weight excluding hydrogens is 238 g/mol. The normalized spacial score (nSPS) is 23.8. The van der Waals surface area contributed by atoms with Gasteiger partial charge in [0.15, 0.2) is 5.75 Å². The number of nitrogens with one attached hydrogen (secondary N) is 1. The number of ether oxygens (including phenoxy) is 1. The van der Waals surface area contributed by atoms with Crippen molar-refractivity contribution < 1.29 is 4.74 Å². The Morgan fingerprint density at radius 3 is 2.79 bits per heavy atom. The Morgan fingerprint density at radius 2 is 2.16 bits per heavy atom. The summed E-state index contributed by atoms with van der Waals surface area (Å²) < 4.78 is 7.70. The number of hydrogen-bond donors (Lipinski definition) is 1. The van der Waals surface area contributed by atoms with Crippen molar-refractivity contribution in [2.24, 2.45) is 5.92 Å². The minimum Gasteiger partial charge on any atom is -0.493 e. The van der Waals surface area contributed by atoms with Gasteiger partial charge in [0.1, 0.15) is 0 Å². The first-order chi connectivity index (χ1) is 9.19. The molecule has 1 aromatic rings. The second-order valence-electron chi connectivity index (χ2n) is 5.85. The molecule has 1 N–H and O–H groups in total. The van der Waals surface area contributed by atoms with Gasteiger partial charge in [0.05, 0.1) is 19.0 Å². The molecule has 1 aliphatic rings. The van der Waals surface area contributed by atoms with Crippen LogP contribution < -0.4 is 10.1 Å². The van der Waals surface area contributed by atoms with Gasteiger partial charge in [-0.05, 0) is 46.2 Å². The lowest BCUT2D eigenvalue weighted by Gasteiger charge is -2.33. The second-order valence-corrected chi connectivity index (χ2v) is 5.85. The third-order valence-electron chi connectivity index (χ3n) is 4.23. The van der Waals surface area contributed by atoms with Crippen molar-refractivity contribution in [3.8, 4) is 5.75 Å². The summed E-state index contributed by atoms with van der Waals surface area (Å²) in [5.41, 5.74) is 1.30. The summed E-state index contributed by atoms with van der Waals surface area (Å²) >= 11 is 0. The molecule has 2 atom stereocenters. The Labute approximate surface area is 116 Å². The van der Waals surface area contributed by atoms with Crippen molar-refractivity contribution in [2.45, 2.75) is 51.5 Å². The summed E-state index contributed by atoms with van der Waals surface area (Å²) in [5, 5.41) is 7.87. The third kappa shape index (κ3) is 2.94. The van der Waals surface area contributed by atoms with Crippen LogP contribution in [0, 0.1) is 5.92 Å². The molecule has 0 amide bonds. The van der Waals surface area contributed by atoms with Crippen molar-refractivity contribution in [2.75, 3.05) is 20.7 Å². The Morgan fingerprint density at radius 1 is 1.42 bits per heavy atom. The summed E-state index contributed by atoms with van der Waals surface area (Å²) in [6, 6.07) is 0.385. The van der Waals surface area contributed by atoms with Crippen LogP contribution >= 0.6 is 0 Å². The molecule has 0 aliphatic heterocycles. The molecule has 0 radical (unpaired) electrons. The van der Waals surface area contributed by atoms with E-state index in [4.69, 9.17) is 4.74 Å². The van der Waals surface area contributed by atoms with E-state index in [0.717, 1.165) is 12.3 Å². The van der Waals surface area contributed by atoms with Gasteiger partial charge in [0.2, 0.25) is 0 Å². The minimum absolute atomic E-state index is 0.385. The summed E-state index contributed by atoms with van der Waals surface area (Å²) in [5.74, 6) is 2.23. The SMILES string of the molecule is CNCC1CCCCC1c1c(OC)cnn1C(C)C. The van der Waals surface area contributed by atoms with Crippen molar-refractivity contribution in [3.63, 3.8) is 0 Å². The van der Waals surface area contributed by atoms with E-state index < -0.39 is 0 Å². The van der Waals surface area contributed by atoms with E-state index >= 15 is 0 Å². The molecule has 4 heteroatoms. The number of methoxy groups -OCH3 is 1. The number of hydrogen-bond acceptors (Lipinski definition) is 3. The highest BCUT2D eigenvalue weighted by atomic mass is 16.5. The zero-order valence-corrected chi connectivity index (χ0v) is 12.6. The summed E-state index contributed by atoms with van der Waals surface area (Å²) in [7, 11) is 3.80. The predicted octanol–water partition coefficient (Wildman–Crippen LogP) is 2.97. The average molecular weight is 265 g/mol. The van der Waals surface area contributed by atoms with Crippen molar-refractivity contribution >= 4 is 0 Å². The van der Waals surface area contributed by atoms with Gasteiger partial charge in [0.25, 0.3) is 0 Å². The molecule has 19 heavy (non-hydrogen) atoms. The Hall–Kier alpha value is -1.03. The quantitative estimate of drug-likeness (QED) is 0.889. The number of rotatable bonds is 5. The van der Waals surface area contributed by atoms with Gasteiger partial charge in [-0.2, -0.15) is 5.10 Å². The topological polar surface area (TPSA) is 39.1 Å². The summed E-state index contributed by atoms with van der Waals surface area (Å²) in [4.78, 5) is 0. The molecule has 4 nitrogen and oxygen atoms in total. The van der Waals surface area contributed by atoms with Crippen LogP contribution in [0.4, 0.5) is 0 Å². The molecule has 1 aromatic heterocycles. The summed E-state index contributed by atoms with van der Waals surface area (Å²) in [6.07, 6.45) is 7.09. The predicted molar refractivity (Wildman–Crippen MR) is 77.8 cm³/mol. The van der Waals surface area contributed by atoms with E-state index in [1.807, 2.05) is 13.2 Å². The van der Waals surface area contributed by atoms with Gasteiger partial charge >= 0.3 is 0 Å². The summed E-state index contributed by atoms with van der Waals surface area (Å²) in [6.45, 7) is 5.45. The Bertz CT molecular complexity index is 398. The van der Waals surface area contributed by atoms with Crippen LogP contribution in [0.15, 0.2) is 6.20 Å². The lowest BCUT2D eigenvalue weighted by molar-refractivity contribution is 0.276. The standard InChI is InChI=1S/C15H27N3O/c1-11(2)18-15(14(19-4)10-17-18)13-8-6-5-7-12(13)9-16-3/h10-13,16H,5-9H2,1-4H3. The van der Waals surface area contributed by atoms with Crippen LogP contribution in [0.2, 0.25) is 0 Å². The van der Waals surface area contributed by atoms with E-state index in [2.05, 4.69) is 28.9 Å². The van der Waals surface area contributed by atoms with Gasteiger partial charge in [-0.1, -0.05) is 12.8 Å². The molecular formula is C15H27N3O. The lowest BCUT2D eigenvalue weighted by Crippen LogP contribution is -2.29. The van der Waals surface area contributed by atoms with Gasteiger partial charge in [-0.3, -0.25) is 4.68 Å². The van der Waals surface area contributed by atoms with E-state index in [-0.39, 0.29) is 0 Å². The van der Waals surface area contributed by atoms with Crippen LogP contribution in [0.25, 0.3) is 0 Å². The fraction of sp³-hybridized carbons (Fsp3) is 0.800. The maximum atomic E-state index is 5.55. The molecule has 0 bridgehead atoms. The molecule has 1 heterocycles. The van der Waals surface area contributed by atoms with E-state index in [1.54, 1.807) is 7.11 Å². The highest BCUT2D eigenvalue weighted by molar-refractivity contribution is 5.30. The smallest absolute Gasteiger partial charge is 0.160 e. The van der Waals surface area contributed by atoms with Crippen LogP contribution in [-0.2, 0) is 0 Å². The zero-order valence-electron chi connectivity index (χ0n) is 12.6. The molecule has 1 saturated carbocycles. The Kier molecular flexibility index (Phi) is 4.86. The first-order valence-electron chi connectivity index (χ1n) is 7.45. The van der Waals surface area contributed by atoms with Crippen LogP contribution in [0.5, 0.6) is 5.75 Å². The molecule has 0 saturated heterocycles. The van der Waals surface area contributed by atoms with E-state index in [0.29, 0.717) is 17.9 Å². The molecule has 2 unspecified atom stereocenters. The fourth-order valence-electron chi connectivity index (χ4n) is 3.35. The lowest BCUT2D eigenvalue weighted by atomic mass is 9.77. The second kappa shape index (κ2) is 6.42. The fourth-order valence-corrected chi connectivity index (χ4v) is 3.35. The van der Waals surface area contributed by atoms with Gasteiger partial charge in [0, 0.05) is 12.0 Å². The first-order valence-corrected chi connectivity index (χ1v) is 7.45. The van der Waals surface area contributed by atoms with Crippen molar-refractivity contribution in [1.29, 1.82) is 0 Å². The van der Waals surface area contributed by atoms with Crippen molar-refractivity contribution in [1.82, 2.24) is 15.1 Å². The largest absolute Gasteiger partial charge is 0.493 e. The minimum atomic E-state index is 0.385. The third-order valence-corrected chi connectivity index (χ3v) is 4.23. The highest BCUT2D eigenvalue weighted by Gasteiger charge is 2.31. The molecule has 1 fully saturated rings. The Balaban J connectivity index is 2.34. The number of aromatic nitrogens is 2. The van der Waals surface area contributed by atoms with E-state index in [1.165, 1.54) is 31.4 Å². The number of nitrogens with zero attached hydrogens (tertiary/aromatic N) is 2. The molecule has 2 rings (SSSR count). The average Bonchev–Trinajstić information content (AvgIpc) is 2.83. The van der Waals surface area contributed by atoms with Crippen molar-refractivity contribution in [3.05, 3.63) is 11.9 Å². The van der Waals surface area contributed by atoms with E-state index in [9.17, 15) is 0 Å². The van der Waals surface area contributed by atoms with Crippen LogP contribution in [0.3, 0.4) is 0 Å². The monoisotopic (exact) mass is 265 g/mol. The first kappa shape index (κ1) is 14.4. The van der Waals surface area contributed by atoms with Gasteiger partial charge in [-0.25, -0.2) is 0 Å². The van der Waals surface area contributed by atoms with Gasteiger partial charge in [-0.15, -0.1) is 0 Å². The van der Waals surface area contributed by atoms with Crippen LogP contribution in [0.1, 0.15) is 57.2 Å². The molecule has 0 spiro atoms. The molecule has 0 aromatic carbocycles. The highest BCUT2D eigenvalue weighted by Crippen LogP contribution is 2.41. The van der Waals surface area contributed by atoms with Gasteiger partial charge < -0.3 is 10.1 Å². The zero-order chi connectivity index (χ0) is 13.8. The maximum Gasteiger partial charge on any atom is 0.160 e. The molecule has 1 aliphatic carbocycles. The van der Waals surface area contributed by atoms with Crippen LogP contribution in [-0.4, -0.2) is 30.5 Å². The maximum absolute atomic E-state index is 5.55. The molecule has 108 valence electrons.